The normalized spacial score (nSPS) is 14.7. The molecule has 0 rings (SSSR count). The Kier molecular flexibility index (Phi) is 16.4. The van der Waals surface area contributed by atoms with Gasteiger partial charge in [0.1, 0.15) is 12.2 Å². The SMILES string of the molecule is COCCOCC(O)COCCC[Si](C)(C)O[Si](C)(C)CCCOCC(O)C(C)=O. The Hall–Kier alpha value is -0.176. The van der Waals surface area contributed by atoms with E-state index in [1.165, 1.54) is 6.92 Å². The average Bonchev–Trinajstić information content (AvgIpc) is 2.63. The summed E-state index contributed by atoms with van der Waals surface area (Å²) in [7, 11) is -1.98. The van der Waals surface area contributed by atoms with E-state index in [1.54, 1.807) is 7.11 Å². The molecule has 0 aromatic carbocycles. The van der Waals surface area contributed by atoms with Crippen molar-refractivity contribution in [3.8, 4) is 0 Å². The fourth-order valence-corrected chi connectivity index (χ4v) is 11.8. The topological polar surface area (TPSA) is 104 Å². The number of hydrogen-bond acceptors (Lipinski definition) is 8. The largest absolute Gasteiger partial charge is 0.455 e. The van der Waals surface area contributed by atoms with Gasteiger partial charge >= 0.3 is 0 Å². The lowest BCUT2D eigenvalue weighted by molar-refractivity contribution is -0.127. The average molecular weight is 469 g/mol. The third-order valence-corrected chi connectivity index (χ3v) is 12.0. The molecular weight excluding hydrogens is 424 g/mol. The van der Waals surface area contributed by atoms with Gasteiger partial charge in [0.2, 0.25) is 0 Å². The Labute approximate surface area is 184 Å². The number of aliphatic hydroxyl groups is 2. The first-order valence-electron chi connectivity index (χ1n) is 10.8. The summed E-state index contributed by atoms with van der Waals surface area (Å²) in [5.74, 6) is -0.269. The molecule has 10 heteroatoms. The highest BCUT2D eigenvalue weighted by atomic mass is 28.4. The van der Waals surface area contributed by atoms with E-state index in [-0.39, 0.29) is 25.6 Å². The molecule has 2 atom stereocenters. The molecule has 0 fully saturated rings. The van der Waals surface area contributed by atoms with Gasteiger partial charge in [-0.15, -0.1) is 0 Å². The van der Waals surface area contributed by atoms with Crippen molar-refractivity contribution in [1.29, 1.82) is 0 Å². The summed E-state index contributed by atoms with van der Waals surface area (Å²) >= 11 is 0. The lowest BCUT2D eigenvalue weighted by Crippen LogP contribution is -2.44. The van der Waals surface area contributed by atoms with Gasteiger partial charge in [-0.25, -0.2) is 0 Å². The van der Waals surface area contributed by atoms with E-state index in [0.717, 1.165) is 24.9 Å². The molecule has 180 valence electrons. The van der Waals surface area contributed by atoms with E-state index in [9.17, 15) is 15.0 Å². The molecule has 0 bridgehead atoms. The van der Waals surface area contributed by atoms with Crippen molar-refractivity contribution in [1.82, 2.24) is 0 Å². The number of ether oxygens (including phenoxy) is 4. The fraction of sp³-hybridized carbons (Fsp3) is 0.950. The van der Waals surface area contributed by atoms with E-state index >= 15 is 0 Å². The number of hydrogen-bond donors (Lipinski definition) is 2. The van der Waals surface area contributed by atoms with Crippen molar-refractivity contribution in [2.45, 2.75) is 70.2 Å². The Morgan fingerprint density at radius 3 is 1.73 bits per heavy atom. The molecule has 0 amide bonds. The summed E-state index contributed by atoms with van der Waals surface area (Å²) in [5, 5.41) is 19.2. The van der Waals surface area contributed by atoms with Crippen LogP contribution in [0.4, 0.5) is 0 Å². The van der Waals surface area contributed by atoms with Crippen LogP contribution >= 0.6 is 0 Å². The molecule has 0 aliphatic heterocycles. The summed E-state index contributed by atoms with van der Waals surface area (Å²) in [6, 6.07) is 1.98. The first-order chi connectivity index (χ1) is 14.0. The van der Waals surface area contributed by atoms with Crippen LogP contribution in [-0.2, 0) is 27.9 Å². The Balaban J connectivity index is 3.90. The quantitative estimate of drug-likeness (QED) is 0.207. The Morgan fingerprint density at radius 1 is 0.800 bits per heavy atom. The van der Waals surface area contributed by atoms with E-state index in [1.807, 2.05) is 0 Å². The van der Waals surface area contributed by atoms with E-state index in [4.69, 9.17) is 23.1 Å². The highest BCUT2D eigenvalue weighted by Gasteiger charge is 2.32. The maximum absolute atomic E-state index is 11.0. The molecule has 0 aliphatic rings. The molecule has 0 radical (unpaired) electrons. The van der Waals surface area contributed by atoms with Crippen molar-refractivity contribution in [3.05, 3.63) is 0 Å². The van der Waals surface area contributed by atoms with Crippen LogP contribution in [0.1, 0.15) is 19.8 Å². The Bertz CT molecular complexity index is 449. The number of carbonyl (C=O) groups is 1. The minimum Gasteiger partial charge on any atom is -0.455 e. The number of carbonyl (C=O) groups excluding carboxylic acids is 1. The molecule has 2 N–H and O–H groups in total. The van der Waals surface area contributed by atoms with Crippen LogP contribution in [0.3, 0.4) is 0 Å². The van der Waals surface area contributed by atoms with Crippen molar-refractivity contribution in [3.63, 3.8) is 0 Å². The predicted molar refractivity (Wildman–Crippen MR) is 122 cm³/mol. The number of Topliss-reactive ketones (excluding diaryl/α,β-unsaturated/α-hetero) is 1. The molecule has 30 heavy (non-hydrogen) atoms. The van der Waals surface area contributed by atoms with Gasteiger partial charge in [-0.3, -0.25) is 4.79 Å². The standard InChI is InChI=1S/C20H44O8Si2/c1-18(21)20(23)17-26-10-8-14-30(5,6)28-29(3,4)13-7-9-25-15-19(22)16-27-12-11-24-2/h19-20,22-23H,7-17H2,1-6H3. The monoisotopic (exact) mass is 468 g/mol. The molecule has 0 saturated heterocycles. The zero-order valence-corrected chi connectivity index (χ0v) is 21.8. The highest BCUT2D eigenvalue weighted by molar-refractivity contribution is 6.84. The van der Waals surface area contributed by atoms with E-state index in [0.29, 0.717) is 26.4 Å². The van der Waals surface area contributed by atoms with Crippen molar-refractivity contribution in [2.75, 3.05) is 53.4 Å². The second-order valence-corrected chi connectivity index (χ2v) is 17.7. The molecule has 0 spiro atoms. The van der Waals surface area contributed by atoms with Crippen LogP contribution < -0.4 is 0 Å². The summed E-state index contributed by atoms with van der Waals surface area (Å²) < 4.78 is 27.7. The van der Waals surface area contributed by atoms with Crippen molar-refractivity contribution < 1.29 is 38.1 Å². The van der Waals surface area contributed by atoms with Crippen LogP contribution in [0.5, 0.6) is 0 Å². The summed E-state index contributed by atoms with van der Waals surface area (Å²) in [6.07, 6.45) is 0.132. The van der Waals surface area contributed by atoms with Gasteiger partial charge in [-0.05, 0) is 58.0 Å². The molecule has 0 aliphatic carbocycles. The molecule has 8 nitrogen and oxygen atoms in total. The lowest BCUT2D eigenvalue weighted by atomic mass is 10.3. The summed E-state index contributed by atoms with van der Waals surface area (Å²) in [5.41, 5.74) is 0. The Morgan fingerprint density at radius 2 is 1.27 bits per heavy atom. The summed E-state index contributed by atoms with van der Waals surface area (Å²) in [6.45, 7) is 13.0. The van der Waals surface area contributed by atoms with Gasteiger partial charge in [-0.1, -0.05) is 0 Å². The second kappa shape index (κ2) is 16.5. The number of rotatable bonds is 20. The first-order valence-corrected chi connectivity index (χ1v) is 17.0. The van der Waals surface area contributed by atoms with Crippen LogP contribution in [-0.4, -0.2) is 98.2 Å². The van der Waals surface area contributed by atoms with Crippen LogP contribution in [0, 0.1) is 0 Å². The van der Waals surface area contributed by atoms with Gasteiger partial charge in [0, 0.05) is 20.3 Å². The number of methoxy groups -OCH3 is 1. The van der Waals surface area contributed by atoms with Gasteiger partial charge in [0.05, 0.1) is 33.0 Å². The maximum Gasteiger partial charge on any atom is 0.173 e. The van der Waals surface area contributed by atoms with Gasteiger partial charge < -0.3 is 33.3 Å². The van der Waals surface area contributed by atoms with Crippen LogP contribution in [0.2, 0.25) is 38.3 Å². The molecule has 0 saturated carbocycles. The molecule has 0 heterocycles. The lowest BCUT2D eigenvalue weighted by Gasteiger charge is -2.34. The van der Waals surface area contributed by atoms with Crippen molar-refractivity contribution in [2.24, 2.45) is 0 Å². The highest BCUT2D eigenvalue weighted by Crippen LogP contribution is 2.23. The second-order valence-electron chi connectivity index (χ2n) is 8.83. The first kappa shape index (κ1) is 29.8. The third-order valence-electron chi connectivity index (χ3n) is 4.48. The van der Waals surface area contributed by atoms with Crippen molar-refractivity contribution >= 4 is 22.4 Å². The smallest absolute Gasteiger partial charge is 0.173 e. The van der Waals surface area contributed by atoms with E-state index in [2.05, 4.69) is 26.2 Å². The summed E-state index contributed by atoms with van der Waals surface area (Å²) in [4.78, 5) is 11.0. The number of ketones is 1. The molecule has 2 unspecified atom stereocenters. The molecule has 0 aromatic rings. The fourth-order valence-electron chi connectivity index (χ4n) is 2.99. The minimum absolute atomic E-state index is 0.0619. The van der Waals surface area contributed by atoms with Gasteiger partial charge in [-0.2, -0.15) is 0 Å². The zero-order valence-electron chi connectivity index (χ0n) is 19.8. The predicted octanol–water partition coefficient (Wildman–Crippen LogP) is 2.20. The third kappa shape index (κ3) is 17.5. The molecule has 0 aromatic heterocycles. The maximum atomic E-state index is 11.0. The van der Waals surface area contributed by atoms with Crippen LogP contribution in [0.15, 0.2) is 0 Å². The number of aliphatic hydroxyl groups excluding tert-OH is 2. The minimum atomic E-state index is -1.80. The van der Waals surface area contributed by atoms with Gasteiger partial charge in [0.25, 0.3) is 0 Å². The molecular formula is C20H44O8Si2. The van der Waals surface area contributed by atoms with E-state index < -0.39 is 28.8 Å². The zero-order chi connectivity index (χ0) is 23.0. The van der Waals surface area contributed by atoms with Gasteiger partial charge in [0.15, 0.2) is 22.4 Å². The van der Waals surface area contributed by atoms with Crippen LogP contribution in [0.25, 0.3) is 0 Å².